The van der Waals surface area contributed by atoms with Gasteiger partial charge in [-0.05, 0) is 210 Å². The molecule has 0 unspecified atom stereocenters. The first-order valence-corrected chi connectivity index (χ1v) is 34.6. The third-order valence-electron chi connectivity index (χ3n) is 22.0. The molecule has 0 saturated heterocycles. The highest BCUT2D eigenvalue weighted by atomic mass is 14.4. The van der Waals surface area contributed by atoms with Crippen LogP contribution in [0.4, 0.5) is 0 Å². The van der Waals surface area contributed by atoms with E-state index in [2.05, 4.69) is 367 Å². The van der Waals surface area contributed by atoms with E-state index in [9.17, 15) is 0 Å². The molecular formula is C98H68. The van der Waals surface area contributed by atoms with Crippen LogP contribution in [0.15, 0.2) is 340 Å². The summed E-state index contributed by atoms with van der Waals surface area (Å²) in [4.78, 5) is 0. The summed E-state index contributed by atoms with van der Waals surface area (Å²) in [7, 11) is 0. The molecule has 0 heteroatoms. The molecule has 0 N–H and O–H groups in total. The van der Waals surface area contributed by atoms with Crippen LogP contribution in [0.3, 0.4) is 0 Å². The second kappa shape index (κ2) is 22.3. The van der Waals surface area contributed by atoms with E-state index < -0.39 is 0 Å². The molecule has 0 fully saturated rings. The second-order valence-corrected chi connectivity index (χ2v) is 28.1. The Morgan fingerprint density at radius 2 is 0.439 bits per heavy atom. The summed E-state index contributed by atoms with van der Waals surface area (Å²) in [5.74, 6) is 0. The Morgan fingerprint density at radius 3 is 0.867 bits per heavy atom. The van der Waals surface area contributed by atoms with Crippen molar-refractivity contribution in [2.45, 2.75) is 38.5 Å². The molecule has 0 atom stereocenters. The van der Waals surface area contributed by atoms with Gasteiger partial charge in [-0.3, -0.25) is 0 Å². The van der Waals surface area contributed by atoms with Crippen molar-refractivity contribution in [1.82, 2.24) is 0 Å². The van der Waals surface area contributed by atoms with Crippen LogP contribution in [0, 0.1) is 0 Å². The van der Waals surface area contributed by atoms with Gasteiger partial charge in [0.1, 0.15) is 0 Å². The van der Waals surface area contributed by atoms with Crippen LogP contribution >= 0.6 is 0 Å². The van der Waals surface area contributed by atoms with Gasteiger partial charge in [-0.2, -0.15) is 0 Å². The molecule has 460 valence electrons. The van der Waals surface area contributed by atoms with Crippen molar-refractivity contribution in [3.05, 3.63) is 362 Å². The maximum atomic E-state index is 2.41. The minimum absolute atomic E-state index is 0.148. The lowest BCUT2D eigenvalue weighted by Crippen LogP contribution is -2.16. The highest BCUT2D eigenvalue weighted by molar-refractivity contribution is 6.25. The highest BCUT2D eigenvalue weighted by Gasteiger charge is 2.41. The Kier molecular flexibility index (Phi) is 13.1. The number of benzene rings is 18. The van der Waals surface area contributed by atoms with Crippen molar-refractivity contribution in [2.24, 2.45) is 0 Å². The van der Waals surface area contributed by atoms with E-state index in [-0.39, 0.29) is 10.8 Å². The molecule has 0 aliphatic heterocycles. The lowest BCUT2D eigenvalue weighted by atomic mass is 9.76. The number of rotatable bonds is 6. The van der Waals surface area contributed by atoms with Crippen molar-refractivity contribution in [1.29, 1.82) is 0 Å². The third kappa shape index (κ3) is 8.77. The average Bonchev–Trinajstić information content (AvgIpc) is 1.40. The summed E-state index contributed by atoms with van der Waals surface area (Å²) in [6, 6.07) is 126. The predicted octanol–water partition coefficient (Wildman–Crippen LogP) is 27.2. The van der Waals surface area contributed by atoms with E-state index in [1.54, 1.807) is 0 Å². The first-order chi connectivity index (χ1) is 48.2. The van der Waals surface area contributed by atoms with Crippen LogP contribution < -0.4 is 0 Å². The van der Waals surface area contributed by atoms with Gasteiger partial charge < -0.3 is 0 Å². The second-order valence-electron chi connectivity index (χ2n) is 28.1. The maximum absolute atomic E-state index is 2.41. The minimum Gasteiger partial charge on any atom is -0.0616 e. The number of hydrogen-bond acceptors (Lipinski definition) is 0. The maximum Gasteiger partial charge on any atom is 0.0165 e. The Bertz CT molecular complexity index is 6240. The summed E-state index contributed by atoms with van der Waals surface area (Å²) in [5, 5.41) is 20.6. The first-order valence-electron chi connectivity index (χ1n) is 34.6. The average molecular weight is 1250 g/mol. The van der Waals surface area contributed by atoms with E-state index in [0.29, 0.717) is 0 Å². The van der Waals surface area contributed by atoms with Crippen molar-refractivity contribution < 1.29 is 0 Å². The molecule has 18 aromatic carbocycles. The molecule has 0 aromatic heterocycles. The molecule has 0 amide bonds. The smallest absolute Gasteiger partial charge is 0.0165 e. The Morgan fingerprint density at radius 1 is 0.163 bits per heavy atom. The molecular weight excluding hydrogens is 1180 g/mol. The normalized spacial score (nSPS) is 13.3. The zero-order valence-electron chi connectivity index (χ0n) is 55.3. The molecule has 98 heavy (non-hydrogen) atoms. The SMILES string of the molecule is CC1(C)c2ccc3ccccc3c2-c2cccc(-c3c4ccccc4c(-c4ccc(-c5ccc6ccccc6c5)cc4)c4ccccc34)c21.CC1(C)c2ccc3ccccc3c2-c2cccc(-c3c4ccccc4c(-c4ccccc4-c4ccc5ccccc5c4)c4ccccc34)c21. The van der Waals surface area contributed by atoms with Gasteiger partial charge in [-0.1, -0.05) is 355 Å². The third-order valence-corrected chi connectivity index (χ3v) is 22.0. The molecule has 2 aliphatic carbocycles. The predicted molar refractivity (Wildman–Crippen MR) is 421 cm³/mol. The molecule has 0 radical (unpaired) electrons. The van der Waals surface area contributed by atoms with Crippen molar-refractivity contribution in [3.8, 4) is 89.0 Å². The van der Waals surface area contributed by atoms with E-state index in [4.69, 9.17) is 0 Å². The lowest BCUT2D eigenvalue weighted by molar-refractivity contribution is 0.662. The van der Waals surface area contributed by atoms with Crippen molar-refractivity contribution >= 4 is 86.2 Å². The van der Waals surface area contributed by atoms with E-state index >= 15 is 0 Å². The van der Waals surface area contributed by atoms with Gasteiger partial charge in [0.05, 0.1) is 0 Å². The largest absolute Gasteiger partial charge is 0.0616 e. The minimum atomic E-state index is -0.158. The van der Waals surface area contributed by atoms with Gasteiger partial charge in [0, 0.05) is 10.8 Å². The van der Waals surface area contributed by atoms with Gasteiger partial charge in [0.2, 0.25) is 0 Å². The van der Waals surface area contributed by atoms with Crippen LogP contribution in [0.1, 0.15) is 49.9 Å². The first kappa shape index (κ1) is 57.5. The molecule has 20 rings (SSSR count). The van der Waals surface area contributed by atoms with E-state index in [1.165, 1.54) is 197 Å². The van der Waals surface area contributed by atoms with Crippen molar-refractivity contribution in [3.63, 3.8) is 0 Å². The summed E-state index contributed by atoms with van der Waals surface area (Å²) < 4.78 is 0. The molecule has 0 nitrogen and oxygen atoms in total. The molecule has 0 bridgehead atoms. The summed E-state index contributed by atoms with van der Waals surface area (Å²) >= 11 is 0. The fraction of sp³-hybridized carbons (Fsp3) is 0.0612. The van der Waals surface area contributed by atoms with E-state index in [1.807, 2.05) is 0 Å². The topological polar surface area (TPSA) is 0 Å². The zero-order chi connectivity index (χ0) is 65.4. The zero-order valence-corrected chi connectivity index (χ0v) is 55.3. The highest BCUT2D eigenvalue weighted by Crippen LogP contribution is 2.59. The molecule has 18 aromatic rings. The van der Waals surface area contributed by atoms with Gasteiger partial charge in [0.25, 0.3) is 0 Å². The van der Waals surface area contributed by atoms with Crippen LogP contribution in [0.25, 0.3) is 175 Å². The van der Waals surface area contributed by atoms with Crippen LogP contribution in [0.2, 0.25) is 0 Å². The Hall–Kier alpha value is -12.0. The van der Waals surface area contributed by atoms with Gasteiger partial charge in [-0.25, -0.2) is 0 Å². The quantitative estimate of drug-likeness (QED) is 0.146. The van der Waals surface area contributed by atoms with Crippen LogP contribution in [-0.2, 0) is 10.8 Å². The van der Waals surface area contributed by atoms with E-state index in [0.717, 1.165) is 0 Å². The van der Waals surface area contributed by atoms with Gasteiger partial charge in [-0.15, -0.1) is 0 Å². The van der Waals surface area contributed by atoms with Crippen molar-refractivity contribution in [2.75, 3.05) is 0 Å². The fourth-order valence-electron chi connectivity index (χ4n) is 17.7. The summed E-state index contributed by atoms with van der Waals surface area (Å²) in [6.07, 6.45) is 0. The summed E-state index contributed by atoms with van der Waals surface area (Å²) in [6.45, 7) is 9.64. The molecule has 0 heterocycles. The monoisotopic (exact) mass is 1240 g/mol. The fourth-order valence-corrected chi connectivity index (χ4v) is 17.7. The summed E-state index contributed by atoms with van der Waals surface area (Å²) in [5.41, 5.74) is 26.2. The molecule has 0 spiro atoms. The Balaban J connectivity index is 0.000000137. The number of hydrogen-bond donors (Lipinski definition) is 0. The standard InChI is InChI=1S/2C49H34/c1-49(2)44-29-28-33-13-5-6-15-37(33)47(44)43-21-11-20-42(48(43)49)46-40-18-9-7-16-38(40)45(39-17-8-10-19-41(39)46)34-25-22-32(23-26-34)36-27-24-31-12-3-4-14-35(31)30-36;1-49(2)44-29-28-32-15-5-6-18-36(32)47(44)43-25-13-24-42(48(43)49)46-40-22-11-9-20-38(40)45(39-21-10-12-23-41(39)46)37-19-8-7-17-35(37)34-27-26-31-14-3-4-16-33(31)30-34/h2*3-30H,1-2H3. The van der Waals surface area contributed by atoms with Gasteiger partial charge >= 0.3 is 0 Å². The van der Waals surface area contributed by atoms with Gasteiger partial charge in [0.15, 0.2) is 0 Å². The lowest BCUT2D eigenvalue weighted by Gasteiger charge is -2.26. The molecule has 0 saturated carbocycles. The Labute approximate surface area is 572 Å². The number of fused-ring (bicyclic) bond motifs is 16. The van der Waals surface area contributed by atoms with Crippen LogP contribution in [0.5, 0.6) is 0 Å². The molecule has 2 aliphatic rings. The van der Waals surface area contributed by atoms with Crippen LogP contribution in [-0.4, -0.2) is 0 Å².